The molecule has 0 radical (unpaired) electrons. The summed E-state index contributed by atoms with van der Waals surface area (Å²) in [5.41, 5.74) is -0.808. The molecule has 1 aliphatic heterocycles. The van der Waals surface area contributed by atoms with Gasteiger partial charge in [0.2, 0.25) is 0 Å². The molecule has 2 unspecified atom stereocenters. The molecule has 0 amide bonds. The second-order valence-corrected chi connectivity index (χ2v) is 5.74. The van der Waals surface area contributed by atoms with Crippen molar-refractivity contribution in [3.05, 3.63) is 0 Å². The molecule has 2 atom stereocenters. The molecule has 0 aromatic rings. The molecular formula is C14H28N2O2. The Morgan fingerprint density at radius 1 is 1.44 bits per heavy atom. The summed E-state index contributed by atoms with van der Waals surface area (Å²) in [5.74, 6) is 0.0223. The summed E-state index contributed by atoms with van der Waals surface area (Å²) < 4.78 is 0. The number of carboxylic acid groups (broad SMARTS) is 1. The number of hydrogen-bond acceptors (Lipinski definition) is 3. The van der Waals surface area contributed by atoms with E-state index in [-0.39, 0.29) is 0 Å². The van der Waals surface area contributed by atoms with Gasteiger partial charge in [-0.25, -0.2) is 0 Å². The molecule has 1 fully saturated rings. The lowest BCUT2D eigenvalue weighted by molar-refractivity contribution is -0.144. The average molecular weight is 256 g/mol. The largest absolute Gasteiger partial charge is 0.480 e. The third kappa shape index (κ3) is 4.25. The molecule has 106 valence electrons. The van der Waals surface area contributed by atoms with E-state index in [4.69, 9.17) is 0 Å². The van der Waals surface area contributed by atoms with Gasteiger partial charge in [-0.15, -0.1) is 0 Å². The van der Waals surface area contributed by atoms with Gasteiger partial charge in [-0.2, -0.15) is 0 Å². The summed E-state index contributed by atoms with van der Waals surface area (Å²) in [6, 6.07) is 0. The molecule has 0 bridgehead atoms. The molecule has 1 saturated heterocycles. The van der Waals surface area contributed by atoms with Crippen LogP contribution in [0.1, 0.15) is 46.5 Å². The first-order chi connectivity index (χ1) is 8.51. The van der Waals surface area contributed by atoms with Gasteiger partial charge in [0.25, 0.3) is 0 Å². The van der Waals surface area contributed by atoms with Gasteiger partial charge in [-0.1, -0.05) is 20.3 Å². The van der Waals surface area contributed by atoms with E-state index in [9.17, 15) is 9.90 Å². The highest BCUT2D eigenvalue weighted by molar-refractivity contribution is 5.78. The summed E-state index contributed by atoms with van der Waals surface area (Å²) in [7, 11) is 0. The van der Waals surface area contributed by atoms with Crippen molar-refractivity contribution in [2.75, 3.05) is 26.2 Å². The van der Waals surface area contributed by atoms with Gasteiger partial charge in [0.05, 0.1) is 0 Å². The molecule has 0 saturated carbocycles. The summed E-state index contributed by atoms with van der Waals surface area (Å²) in [6.45, 7) is 9.55. The van der Waals surface area contributed by atoms with Gasteiger partial charge in [-0.3, -0.25) is 4.79 Å². The molecule has 1 rings (SSSR count). The Labute approximate surface area is 111 Å². The number of aliphatic carboxylic acids is 1. The van der Waals surface area contributed by atoms with E-state index in [1.165, 1.54) is 19.3 Å². The van der Waals surface area contributed by atoms with Gasteiger partial charge >= 0.3 is 5.97 Å². The van der Waals surface area contributed by atoms with Crippen molar-refractivity contribution in [1.29, 1.82) is 0 Å². The van der Waals surface area contributed by atoms with Gasteiger partial charge in [0, 0.05) is 13.1 Å². The minimum atomic E-state index is -0.808. The van der Waals surface area contributed by atoms with Gasteiger partial charge in [-0.05, 0) is 45.2 Å². The van der Waals surface area contributed by atoms with Crippen molar-refractivity contribution in [2.24, 2.45) is 5.92 Å². The predicted molar refractivity (Wildman–Crippen MR) is 73.8 cm³/mol. The number of likely N-dealkylation sites (tertiary alicyclic amines) is 1. The number of nitrogens with one attached hydrogen (secondary N) is 1. The van der Waals surface area contributed by atoms with E-state index in [0.717, 1.165) is 32.0 Å². The number of carbonyl (C=O) groups is 1. The lowest BCUT2D eigenvalue weighted by Crippen LogP contribution is -2.56. The van der Waals surface area contributed by atoms with Crippen LogP contribution in [0.2, 0.25) is 0 Å². The van der Waals surface area contributed by atoms with Crippen molar-refractivity contribution in [2.45, 2.75) is 52.0 Å². The predicted octanol–water partition coefficient (Wildman–Crippen LogP) is 1.95. The fourth-order valence-corrected chi connectivity index (χ4v) is 2.75. The zero-order valence-corrected chi connectivity index (χ0v) is 12.0. The fourth-order valence-electron chi connectivity index (χ4n) is 2.75. The quantitative estimate of drug-likeness (QED) is 0.697. The fraction of sp³-hybridized carbons (Fsp3) is 0.929. The first-order valence-electron chi connectivity index (χ1n) is 7.22. The maximum absolute atomic E-state index is 11.4. The van der Waals surface area contributed by atoms with Crippen molar-refractivity contribution in [1.82, 2.24) is 10.2 Å². The second-order valence-electron chi connectivity index (χ2n) is 5.74. The Bertz CT molecular complexity index is 271. The first kappa shape index (κ1) is 15.4. The van der Waals surface area contributed by atoms with Crippen LogP contribution in [0.25, 0.3) is 0 Å². The minimum Gasteiger partial charge on any atom is -0.480 e. The molecular weight excluding hydrogens is 228 g/mol. The van der Waals surface area contributed by atoms with Crippen LogP contribution in [0.3, 0.4) is 0 Å². The summed E-state index contributed by atoms with van der Waals surface area (Å²) >= 11 is 0. The lowest BCUT2D eigenvalue weighted by atomic mass is 10.0. The SMILES string of the molecule is CCCNC(C)(CN1CCC(CCC)C1)C(=O)O. The van der Waals surface area contributed by atoms with E-state index < -0.39 is 11.5 Å². The number of rotatable bonds is 8. The second kappa shape index (κ2) is 7.10. The number of nitrogens with zero attached hydrogens (tertiary/aromatic N) is 1. The van der Waals surface area contributed by atoms with Crippen LogP contribution in [-0.2, 0) is 4.79 Å². The van der Waals surface area contributed by atoms with Gasteiger partial charge < -0.3 is 15.3 Å². The maximum Gasteiger partial charge on any atom is 0.324 e. The standard InChI is InChI=1S/C14H28N2O2/c1-4-6-12-7-9-16(10-12)11-14(3,13(17)18)15-8-5-2/h12,15H,4-11H2,1-3H3,(H,17,18). The molecule has 4 nitrogen and oxygen atoms in total. The summed E-state index contributed by atoms with van der Waals surface area (Å²) in [4.78, 5) is 13.7. The highest BCUT2D eigenvalue weighted by atomic mass is 16.4. The van der Waals surface area contributed by atoms with Crippen molar-refractivity contribution < 1.29 is 9.90 Å². The third-order valence-corrected chi connectivity index (χ3v) is 3.84. The molecule has 0 aromatic heterocycles. The molecule has 1 aliphatic rings. The Morgan fingerprint density at radius 3 is 2.72 bits per heavy atom. The van der Waals surface area contributed by atoms with E-state index in [1.807, 2.05) is 0 Å². The molecule has 0 aliphatic carbocycles. The molecule has 2 N–H and O–H groups in total. The normalized spacial score (nSPS) is 24.1. The average Bonchev–Trinajstić information content (AvgIpc) is 2.74. The van der Waals surface area contributed by atoms with Crippen LogP contribution in [0.5, 0.6) is 0 Å². The van der Waals surface area contributed by atoms with Crippen LogP contribution in [0.4, 0.5) is 0 Å². The highest BCUT2D eigenvalue weighted by Crippen LogP contribution is 2.22. The molecule has 1 heterocycles. The Hall–Kier alpha value is -0.610. The zero-order valence-electron chi connectivity index (χ0n) is 12.0. The van der Waals surface area contributed by atoms with E-state index in [2.05, 4.69) is 24.1 Å². The van der Waals surface area contributed by atoms with Crippen LogP contribution in [-0.4, -0.2) is 47.7 Å². The van der Waals surface area contributed by atoms with E-state index in [1.54, 1.807) is 6.92 Å². The Kier molecular flexibility index (Phi) is 6.09. The molecule has 18 heavy (non-hydrogen) atoms. The monoisotopic (exact) mass is 256 g/mol. The van der Waals surface area contributed by atoms with Crippen molar-refractivity contribution in [3.8, 4) is 0 Å². The lowest BCUT2D eigenvalue weighted by Gasteiger charge is -2.31. The van der Waals surface area contributed by atoms with Crippen LogP contribution < -0.4 is 5.32 Å². The van der Waals surface area contributed by atoms with Gasteiger partial charge in [0.15, 0.2) is 0 Å². The molecule has 0 spiro atoms. The highest BCUT2D eigenvalue weighted by Gasteiger charge is 2.36. The van der Waals surface area contributed by atoms with Crippen LogP contribution in [0.15, 0.2) is 0 Å². The third-order valence-electron chi connectivity index (χ3n) is 3.84. The van der Waals surface area contributed by atoms with Crippen LogP contribution >= 0.6 is 0 Å². The minimum absolute atomic E-state index is 0.614. The van der Waals surface area contributed by atoms with Gasteiger partial charge in [0.1, 0.15) is 5.54 Å². The summed E-state index contributed by atoms with van der Waals surface area (Å²) in [5, 5.41) is 12.6. The number of hydrogen-bond donors (Lipinski definition) is 2. The smallest absolute Gasteiger partial charge is 0.324 e. The van der Waals surface area contributed by atoms with E-state index in [0.29, 0.717) is 6.54 Å². The van der Waals surface area contributed by atoms with Crippen LogP contribution in [0, 0.1) is 5.92 Å². The van der Waals surface area contributed by atoms with E-state index >= 15 is 0 Å². The Balaban J connectivity index is 2.49. The molecule has 0 aromatic carbocycles. The maximum atomic E-state index is 11.4. The first-order valence-corrected chi connectivity index (χ1v) is 7.22. The van der Waals surface area contributed by atoms with Crippen molar-refractivity contribution >= 4 is 5.97 Å². The van der Waals surface area contributed by atoms with Crippen molar-refractivity contribution in [3.63, 3.8) is 0 Å². The zero-order chi connectivity index (χ0) is 13.6. The molecule has 4 heteroatoms. The Morgan fingerprint density at radius 2 is 2.17 bits per heavy atom. The number of carboxylic acids is 1. The topological polar surface area (TPSA) is 52.6 Å². The summed E-state index contributed by atoms with van der Waals surface area (Å²) in [6.07, 6.45) is 4.67.